The standard InChI is InChI=1S/C32H33N5O2/c1-24-11-9-10-16-28(24)32(39)37(25(2)26-12-5-3-6-13-26)23-31(38)36-21-19-35(20-22-36)30-18-17-29(33-34-30)27-14-7-4-8-15-27/h3-18,25H,19-23H2,1-2H3. The number of hydrogen-bond donors (Lipinski definition) is 0. The van der Waals surface area contributed by atoms with Crippen LogP contribution < -0.4 is 4.90 Å². The van der Waals surface area contributed by atoms with Crippen molar-refractivity contribution >= 4 is 17.6 Å². The quantitative estimate of drug-likeness (QED) is 0.344. The summed E-state index contributed by atoms with van der Waals surface area (Å²) < 4.78 is 0. The van der Waals surface area contributed by atoms with Crippen molar-refractivity contribution in [3.8, 4) is 11.3 Å². The van der Waals surface area contributed by atoms with E-state index in [1.807, 2.05) is 116 Å². The number of amides is 2. The second kappa shape index (κ2) is 11.9. The zero-order valence-corrected chi connectivity index (χ0v) is 22.4. The zero-order chi connectivity index (χ0) is 27.2. The largest absolute Gasteiger partial charge is 0.352 e. The number of benzene rings is 3. The lowest BCUT2D eigenvalue weighted by Gasteiger charge is -2.37. The molecule has 7 heteroatoms. The van der Waals surface area contributed by atoms with Crippen molar-refractivity contribution < 1.29 is 9.59 Å². The first-order valence-electron chi connectivity index (χ1n) is 13.3. The molecule has 2 amide bonds. The van der Waals surface area contributed by atoms with Gasteiger partial charge in [-0.15, -0.1) is 10.2 Å². The summed E-state index contributed by atoms with van der Waals surface area (Å²) in [6.07, 6.45) is 0. The van der Waals surface area contributed by atoms with Gasteiger partial charge >= 0.3 is 0 Å². The van der Waals surface area contributed by atoms with E-state index in [4.69, 9.17) is 0 Å². The number of nitrogens with zero attached hydrogens (tertiary/aromatic N) is 5. The van der Waals surface area contributed by atoms with Crippen LogP contribution in [-0.4, -0.2) is 64.5 Å². The van der Waals surface area contributed by atoms with Crippen LogP contribution in [0, 0.1) is 6.92 Å². The average Bonchev–Trinajstić information content (AvgIpc) is 3.00. The van der Waals surface area contributed by atoms with Crippen LogP contribution in [0.3, 0.4) is 0 Å². The molecule has 0 bridgehead atoms. The Morgan fingerprint density at radius 2 is 1.44 bits per heavy atom. The molecule has 39 heavy (non-hydrogen) atoms. The smallest absolute Gasteiger partial charge is 0.255 e. The maximum Gasteiger partial charge on any atom is 0.255 e. The lowest BCUT2D eigenvalue weighted by atomic mass is 10.0. The summed E-state index contributed by atoms with van der Waals surface area (Å²) in [5.74, 6) is 0.617. The van der Waals surface area contributed by atoms with Gasteiger partial charge < -0.3 is 14.7 Å². The molecule has 1 saturated heterocycles. The fourth-order valence-corrected chi connectivity index (χ4v) is 4.95. The van der Waals surface area contributed by atoms with Crippen LogP contribution in [0.25, 0.3) is 11.3 Å². The SMILES string of the molecule is Cc1ccccc1C(=O)N(CC(=O)N1CCN(c2ccc(-c3ccccc3)nn2)CC1)C(C)c1ccccc1. The molecule has 0 spiro atoms. The minimum Gasteiger partial charge on any atom is -0.352 e. The summed E-state index contributed by atoms with van der Waals surface area (Å²) in [7, 11) is 0. The molecule has 1 fully saturated rings. The summed E-state index contributed by atoms with van der Waals surface area (Å²) in [6.45, 7) is 6.37. The second-order valence-electron chi connectivity index (χ2n) is 9.85. The molecule has 0 radical (unpaired) electrons. The Bertz CT molecular complexity index is 1400. The summed E-state index contributed by atoms with van der Waals surface area (Å²) in [6, 6.07) is 31.1. The van der Waals surface area contributed by atoms with Crippen molar-refractivity contribution in [2.75, 3.05) is 37.6 Å². The first-order chi connectivity index (χ1) is 19.0. The molecular weight excluding hydrogens is 486 g/mol. The topological polar surface area (TPSA) is 69.6 Å². The lowest BCUT2D eigenvalue weighted by Crippen LogP contribution is -2.52. The average molecular weight is 520 g/mol. The molecule has 1 unspecified atom stereocenters. The number of aromatic nitrogens is 2. The molecule has 1 aliphatic heterocycles. The molecule has 5 rings (SSSR count). The minimum atomic E-state index is -0.248. The molecule has 0 saturated carbocycles. The lowest BCUT2D eigenvalue weighted by molar-refractivity contribution is -0.132. The predicted molar refractivity (Wildman–Crippen MR) is 153 cm³/mol. The van der Waals surface area contributed by atoms with Crippen LogP contribution >= 0.6 is 0 Å². The van der Waals surface area contributed by atoms with Gasteiger partial charge in [-0.05, 0) is 43.2 Å². The van der Waals surface area contributed by atoms with Crippen LogP contribution in [0.5, 0.6) is 0 Å². The van der Waals surface area contributed by atoms with Gasteiger partial charge in [0, 0.05) is 37.3 Å². The number of carbonyl (C=O) groups excluding carboxylic acids is 2. The Kier molecular flexibility index (Phi) is 7.96. The van der Waals surface area contributed by atoms with Gasteiger partial charge in [0.25, 0.3) is 5.91 Å². The van der Waals surface area contributed by atoms with Crippen LogP contribution in [-0.2, 0) is 4.79 Å². The molecule has 3 aromatic carbocycles. The number of carbonyl (C=O) groups is 2. The maximum absolute atomic E-state index is 13.7. The second-order valence-corrected chi connectivity index (χ2v) is 9.85. The van der Waals surface area contributed by atoms with Gasteiger partial charge in [0.05, 0.1) is 11.7 Å². The molecule has 7 nitrogen and oxygen atoms in total. The van der Waals surface area contributed by atoms with Crippen molar-refractivity contribution in [2.45, 2.75) is 19.9 Å². The third kappa shape index (κ3) is 5.98. The van der Waals surface area contributed by atoms with E-state index in [1.165, 1.54) is 0 Å². The molecule has 1 aromatic heterocycles. The van der Waals surface area contributed by atoms with Gasteiger partial charge in [0.2, 0.25) is 5.91 Å². The van der Waals surface area contributed by atoms with Crippen LogP contribution in [0.4, 0.5) is 5.82 Å². The van der Waals surface area contributed by atoms with Gasteiger partial charge in [0.15, 0.2) is 5.82 Å². The van der Waals surface area contributed by atoms with E-state index in [1.54, 1.807) is 4.90 Å². The fraction of sp³-hybridized carbons (Fsp3) is 0.250. The highest BCUT2D eigenvalue weighted by molar-refractivity contribution is 5.98. The predicted octanol–water partition coefficient (Wildman–Crippen LogP) is 5.00. The summed E-state index contributed by atoms with van der Waals surface area (Å²) in [5, 5.41) is 8.84. The van der Waals surface area contributed by atoms with Crippen molar-refractivity contribution in [1.29, 1.82) is 0 Å². The van der Waals surface area contributed by atoms with Gasteiger partial charge in [-0.2, -0.15) is 0 Å². The van der Waals surface area contributed by atoms with Gasteiger partial charge in [-0.3, -0.25) is 9.59 Å². The summed E-state index contributed by atoms with van der Waals surface area (Å²) in [4.78, 5) is 32.9. The summed E-state index contributed by atoms with van der Waals surface area (Å²) >= 11 is 0. The van der Waals surface area contributed by atoms with Crippen molar-refractivity contribution in [3.63, 3.8) is 0 Å². The van der Waals surface area contributed by atoms with Crippen LogP contribution in [0.1, 0.15) is 34.5 Å². The first-order valence-corrected chi connectivity index (χ1v) is 13.3. The van der Waals surface area contributed by atoms with Crippen molar-refractivity contribution in [1.82, 2.24) is 20.0 Å². The number of hydrogen-bond acceptors (Lipinski definition) is 5. The Morgan fingerprint density at radius 3 is 2.08 bits per heavy atom. The van der Waals surface area contributed by atoms with Crippen LogP contribution in [0.15, 0.2) is 97.1 Å². The molecule has 2 heterocycles. The van der Waals surface area contributed by atoms with Crippen molar-refractivity contribution in [2.24, 2.45) is 0 Å². The monoisotopic (exact) mass is 519 g/mol. The van der Waals surface area contributed by atoms with E-state index in [0.717, 1.165) is 28.2 Å². The van der Waals surface area contributed by atoms with Gasteiger partial charge in [-0.25, -0.2) is 0 Å². The van der Waals surface area contributed by atoms with Gasteiger partial charge in [0.1, 0.15) is 6.54 Å². The number of piperazine rings is 1. The normalized spacial score (nSPS) is 14.1. The highest BCUT2D eigenvalue weighted by Crippen LogP contribution is 2.24. The minimum absolute atomic E-state index is 0.0226. The molecule has 1 aliphatic rings. The number of aryl methyl sites for hydroxylation is 1. The van der Waals surface area contributed by atoms with E-state index < -0.39 is 0 Å². The van der Waals surface area contributed by atoms with E-state index in [2.05, 4.69) is 15.1 Å². The number of rotatable bonds is 7. The van der Waals surface area contributed by atoms with Crippen LogP contribution in [0.2, 0.25) is 0 Å². The number of anilines is 1. The first kappa shape index (κ1) is 26.1. The van der Waals surface area contributed by atoms with E-state index >= 15 is 0 Å². The summed E-state index contributed by atoms with van der Waals surface area (Å²) in [5.41, 5.74) is 4.37. The molecular formula is C32H33N5O2. The fourth-order valence-electron chi connectivity index (χ4n) is 4.95. The Hall–Kier alpha value is -4.52. The Balaban J connectivity index is 1.26. The third-order valence-electron chi connectivity index (χ3n) is 7.37. The van der Waals surface area contributed by atoms with E-state index in [0.29, 0.717) is 31.7 Å². The molecule has 1 atom stereocenters. The zero-order valence-electron chi connectivity index (χ0n) is 22.4. The van der Waals surface area contributed by atoms with Crippen molar-refractivity contribution in [3.05, 3.63) is 114 Å². The third-order valence-corrected chi connectivity index (χ3v) is 7.37. The maximum atomic E-state index is 13.7. The highest BCUT2D eigenvalue weighted by Gasteiger charge is 2.29. The Morgan fingerprint density at radius 1 is 0.795 bits per heavy atom. The van der Waals surface area contributed by atoms with E-state index in [9.17, 15) is 9.59 Å². The molecule has 4 aromatic rings. The molecule has 0 N–H and O–H groups in total. The molecule has 198 valence electrons. The molecule has 0 aliphatic carbocycles. The highest BCUT2D eigenvalue weighted by atomic mass is 16.2. The van der Waals surface area contributed by atoms with E-state index in [-0.39, 0.29) is 24.4 Å². The van der Waals surface area contributed by atoms with Gasteiger partial charge in [-0.1, -0.05) is 78.9 Å². The Labute approximate surface area is 229 Å².